The highest BCUT2D eigenvalue weighted by Crippen LogP contribution is 2.44. The van der Waals surface area contributed by atoms with Gasteiger partial charge in [0.25, 0.3) is 0 Å². The van der Waals surface area contributed by atoms with Gasteiger partial charge in [-0.3, -0.25) is 0 Å². The van der Waals surface area contributed by atoms with Crippen LogP contribution in [0.25, 0.3) is 0 Å². The summed E-state index contributed by atoms with van der Waals surface area (Å²) in [4.78, 5) is 8.79. The minimum atomic E-state index is 0.754. The van der Waals surface area contributed by atoms with Crippen LogP contribution in [0.1, 0.15) is 49.1 Å². The van der Waals surface area contributed by atoms with Crippen molar-refractivity contribution in [1.82, 2.24) is 4.98 Å². The molecule has 1 saturated heterocycles. The predicted octanol–water partition coefficient (Wildman–Crippen LogP) is 3.69. The highest BCUT2D eigenvalue weighted by atomic mass is 32.1. The lowest BCUT2D eigenvalue weighted by molar-refractivity contribution is 0.446. The van der Waals surface area contributed by atoms with Gasteiger partial charge in [-0.1, -0.05) is 6.92 Å². The Morgan fingerprint density at radius 1 is 1.41 bits per heavy atom. The molecule has 1 atom stereocenters. The molecule has 4 heteroatoms. The lowest BCUT2D eigenvalue weighted by atomic mass is 10.0. The van der Waals surface area contributed by atoms with Gasteiger partial charge in [0.15, 0.2) is 5.13 Å². The number of hydrogen-bond donors (Lipinski definition) is 1. The second-order valence-electron chi connectivity index (χ2n) is 5.43. The summed E-state index contributed by atoms with van der Waals surface area (Å²) in [6.45, 7) is 4.72. The summed E-state index contributed by atoms with van der Waals surface area (Å²) in [7, 11) is 0. The van der Waals surface area contributed by atoms with Crippen molar-refractivity contribution in [3.05, 3.63) is 10.6 Å². The average molecular weight is 268 g/mol. The number of hydrogen-bond acceptors (Lipinski definition) is 4. The molecule has 0 bridgehead atoms. The largest absolute Gasteiger partial charge is 0.348 e. The summed E-state index contributed by atoms with van der Waals surface area (Å²) in [5, 5.41) is 1.25. The molecule has 94 valence electrons. The molecule has 1 aliphatic carbocycles. The van der Waals surface area contributed by atoms with Crippen LogP contribution in [0, 0.1) is 5.92 Å². The molecule has 0 N–H and O–H groups in total. The fourth-order valence-corrected chi connectivity index (χ4v) is 4.03. The van der Waals surface area contributed by atoms with E-state index in [1.165, 1.54) is 54.5 Å². The Hall–Kier alpha value is -0.220. The molecule has 17 heavy (non-hydrogen) atoms. The van der Waals surface area contributed by atoms with E-state index in [9.17, 15) is 0 Å². The SMILES string of the molecule is CC1CCCN(c2nc(C3CC3)c(CS)s2)C1. The summed E-state index contributed by atoms with van der Waals surface area (Å²) in [5.74, 6) is 2.42. The number of thiazole rings is 1. The Balaban J connectivity index is 1.82. The molecule has 0 spiro atoms. The van der Waals surface area contributed by atoms with Crippen LogP contribution in [0.3, 0.4) is 0 Å². The van der Waals surface area contributed by atoms with Crippen LogP contribution in [-0.4, -0.2) is 18.1 Å². The second kappa shape index (κ2) is 4.81. The van der Waals surface area contributed by atoms with Crippen molar-refractivity contribution in [3.63, 3.8) is 0 Å². The maximum Gasteiger partial charge on any atom is 0.185 e. The Morgan fingerprint density at radius 3 is 2.88 bits per heavy atom. The molecule has 3 rings (SSSR count). The van der Waals surface area contributed by atoms with Crippen molar-refractivity contribution in [2.75, 3.05) is 18.0 Å². The van der Waals surface area contributed by atoms with E-state index < -0.39 is 0 Å². The molecule has 2 fully saturated rings. The number of nitrogens with zero attached hydrogens (tertiary/aromatic N) is 2. The monoisotopic (exact) mass is 268 g/mol. The lowest BCUT2D eigenvalue weighted by Gasteiger charge is -2.30. The summed E-state index contributed by atoms with van der Waals surface area (Å²) < 4.78 is 0. The summed E-state index contributed by atoms with van der Waals surface area (Å²) in [5.41, 5.74) is 1.36. The van der Waals surface area contributed by atoms with Crippen LogP contribution in [0.5, 0.6) is 0 Å². The van der Waals surface area contributed by atoms with Crippen molar-refractivity contribution >= 4 is 29.1 Å². The zero-order chi connectivity index (χ0) is 11.8. The third-order valence-electron chi connectivity index (χ3n) is 3.75. The summed E-state index contributed by atoms with van der Waals surface area (Å²) in [6.07, 6.45) is 5.35. The van der Waals surface area contributed by atoms with Gasteiger partial charge in [-0.2, -0.15) is 12.6 Å². The van der Waals surface area contributed by atoms with Crippen molar-refractivity contribution in [2.45, 2.75) is 44.3 Å². The second-order valence-corrected chi connectivity index (χ2v) is 6.81. The fraction of sp³-hybridized carbons (Fsp3) is 0.769. The topological polar surface area (TPSA) is 16.1 Å². The molecule has 2 nitrogen and oxygen atoms in total. The van der Waals surface area contributed by atoms with Crippen LogP contribution >= 0.6 is 24.0 Å². The molecule has 1 aromatic heterocycles. The molecule has 1 aromatic rings. The minimum absolute atomic E-state index is 0.754. The number of thiol groups is 1. The molecule has 2 aliphatic rings. The van der Waals surface area contributed by atoms with Crippen LogP contribution < -0.4 is 4.90 Å². The van der Waals surface area contributed by atoms with Crippen molar-refractivity contribution in [1.29, 1.82) is 0 Å². The Kier molecular flexibility index (Phi) is 3.35. The maximum atomic E-state index is 4.90. The minimum Gasteiger partial charge on any atom is -0.348 e. The fourth-order valence-electron chi connectivity index (χ4n) is 2.64. The van der Waals surface area contributed by atoms with Gasteiger partial charge in [0.05, 0.1) is 5.69 Å². The smallest absolute Gasteiger partial charge is 0.185 e. The van der Waals surface area contributed by atoms with Gasteiger partial charge in [0, 0.05) is 29.6 Å². The summed E-state index contributed by atoms with van der Waals surface area (Å²) >= 11 is 6.32. The van der Waals surface area contributed by atoms with Gasteiger partial charge >= 0.3 is 0 Å². The summed E-state index contributed by atoms with van der Waals surface area (Å²) in [6, 6.07) is 0. The van der Waals surface area contributed by atoms with Crippen LogP contribution in [0.4, 0.5) is 5.13 Å². The lowest BCUT2D eigenvalue weighted by Crippen LogP contribution is -2.34. The van der Waals surface area contributed by atoms with Crippen LogP contribution in [-0.2, 0) is 5.75 Å². The molecule has 0 amide bonds. The van der Waals surface area contributed by atoms with Gasteiger partial charge < -0.3 is 4.90 Å². The normalized spacial score (nSPS) is 25.3. The molecule has 1 aliphatic heterocycles. The average Bonchev–Trinajstić information content (AvgIpc) is 3.08. The van der Waals surface area contributed by atoms with Crippen molar-refractivity contribution < 1.29 is 0 Å². The van der Waals surface area contributed by atoms with Gasteiger partial charge in [0.1, 0.15) is 0 Å². The molecular formula is C13H20N2S2. The third-order valence-corrected chi connectivity index (χ3v) is 5.41. The number of aromatic nitrogens is 1. The van der Waals surface area contributed by atoms with E-state index in [2.05, 4.69) is 24.5 Å². The van der Waals surface area contributed by atoms with E-state index in [1.54, 1.807) is 0 Å². The number of rotatable bonds is 3. The van der Waals surface area contributed by atoms with E-state index in [0.29, 0.717) is 0 Å². The molecule has 1 unspecified atom stereocenters. The molecule has 0 radical (unpaired) electrons. The van der Waals surface area contributed by atoms with E-state index in [4.69, 9.17) is 4.98 Å². The van der Waals surface area contributed by atoms with E-state index in [0.717, 1.165) is 17.6 Å². The first-order valence-electron chi connectivity index (χ1n) is 6.63. The van der Waals surface area contributed by atoms with Gasteiger partial charge in [-0.15, -0.1) is 11.3 Å². The van der Waals surface area contributed by atoms with Gasteiger partial charge in [0.2, 0.25) is 0 Å². The molecule has 0 aromatic carbocycles. The third kappa shape index (κ3) is 2.48. The van der Waals surface area contributed by atoms with Gasteiger partial charge in [-0.25, -0.2) is 4.98 Å². The van der Waals surface area contributed by atoms with E-state index in [1.807, 2.05) is 11.3 Å². The first kappa shape index (κ1) is 11.8. The van der Waals surface area contributed by atoms with Crippen LogP contribution in [0.2, 0.25) is 0 Å². The predicted molar refractivity (Wildman–Crippen MR) is 77.4 cm³/mol. The van der Waals surface area contributed by atoms with E-state index in [-0.39, 0.29) is 0 Å². The Morgan fingerprint density at radius 2 is 2.24 bits per heavy atom. The Bertz CT molecular complexity index is 398. The zero-order valence-electron chi connectivity index (χ0n) is 10.4. The van der Waals surface area contributed by atoms with Crippen molar-refractivity contribution in [3.8, 4) is 0 Å². The van der Waals surface area contributed by atoms with Crippen molar-refractivity contribution in [2.24, 2.45) is 5.92 Å². The first-order chi connectivity index (χ1) is 8.28. The quantitative estimate of drug-likeness (QED) is 0.842. The number of anilines is 1. The van der Waals surface area contributed by atoms with Gasteiger partial charge in [-0.05, 0) is 31.6 Å². The first-order valence-corrected chi connectivity index (χ1v) is 8.08. The van der Waals surface area contributed by atoms with E-state index >= 15 is 0 Å². The maximum absolute atomic E-state index is 4.90. The zero-order valence-corrected chi connectivity index (χ0v) is 12.1. The molecular weight excluding hydrogens is 248 g/mol. The molecule has 2 heterocycles. The Labute approximate surface area is 113 Å². The van der Waals surface area contributed by atoms with Crippen LogP contribution in [0.15, 0.2) is 0 Å². The molecule has 1 saturated carbocycles. The highest BCUT2D eigenvalue weighted by molar-refractivity contribution is 7.79. The highest BCUT2D eigenvalue weighted by Gasteiger charge is 2.30. The number of piperidine rings is 1. The standard InChI is InChI=1S/C13H20N2S2/c1-9-3-2-6-15(7-9)13-14-12(10-4-5-10)11(8-16)17-13/h9-10,16H,2-8H2,1H3.